The normalized spacial score (nSPS) is 16.5. The van der Waals surface area contributed by atoms with E-state index in [2.05, 4.69) is 19.2 Å². The highest BCUT2D eigenvalue weighted by molar-refractivity contribution is 8.02. The van der Waals surface area contributed by atoms with Gasteiger partial charge in [0.2, 0.25) is 5.91 Å². The van der Waals surface area contributed by atoms with Crippen molar-refractivity contribution in [3.8, 4) is 0 Å². The van der Waals surface area contributed by atoms with Gasteiger partial charge in [0.15, 0.2) is 0 Å². The maximum absolute atomic E-state index is 11.8. The van der Waals surface area contributed by atoms with Crippen LogP contribution in [-0.4, -0.2) is 11.2 Å². The molecule has 1 amide bonds. The van der Waals surface area contributed by atoms with Gasteiger partial charge in [0, 0.05) is 17.0 Å². The number of hydrogen-bond acceptors (Lipinski definition) is 2. The van der Waals surface area contributed by atoms with Crippen LogP contribution in [0.15, 0.2) is 29.7 Å². The molecule has 0 radical (unpaired) electrons. The van der Waals surface area contributed by atoms with Gasteiger partial charge in [0.25, 0.3) is 0 Å². The van der Waals surface area contributed by atoms with E-state index in [0.717, 1.165) is 5.69 Å². The molecule has 1 saturated carbocycles. The predicted octanol–water partition coefficient (Wildman–Crippen LogP) is 4.82. The van der Waals surface area contributed by atoms with Crippen molar-refractivity contribution < 1.29 is 4.79 Å². The van der Waals surface area contributed by atoms with Gasteiger partial charge in [-0.15, -0.1) is 11.8 Å². The van der Waals surface area contributed by atoms with E-state index in [1.54, 1.807) is 17.8 Å². The number of anilines is 1. The van der Waals surface area contributed by atoms with E-state index in [1.165, 1.54) is 43.2 Å². The third kappa shape index (κ3) is 4.71. The molecule has 1 aliphatic carbocycles. The van der Waals surface area contributed by atoms with Crippen LogP contribution in [0.4, 0.5) is 5.69 Å². The van der Waals surface area contributed by atoms with Gasteiger partial charge in [-0.3, -0.25) is 4.79 Å². The summed E-state index contributed by atoms with van der Waals surface area (Å²) in [6, 6.07) is 5.99. The van der Waals surface area contributed by atoms with Crippen molar-refractivity contribution in [2.75, 3.05) is 5.32 Å². The van der Waals surface area contributed by atoms with E-state index < -0.39 is 0 Å². The Morgan fingerprint density at radius 3 is 2.65 bits per heavy atom. The number of benzene rings is 1. The molecule has 0 aromatic heterocycles. The third-order valence-corrected chi connectivity index (χ3v) is 4.97. The van der Waals surface area contributed by atoms with Crippen molar-refractivity contribution in [2.24, 2.45) is 0 Å². The number of rotatable bonds is 4. The fourth-order valence-electron chi connectivity index (χ4n) is 2.42. The SMILES string of the molecule is Cc1ccc(NC(=O)C=CSC2CCCCC2)cc1C. The molecule has 0 atom stereocenters. The van der Waals surface area contributed by atoms with E-state index in [1.807, 2.05) is 23.6 Å². The molecule has 1 aliphatic rings. The van der Waals surface area contributed by atoms with Crippen LogP contribution in [0.5, 0.6) is 0 Å². The van der Waals surface area contributed by atoms with Gasteiger partial charge in [-0.25, -0.2) is 0 Å². The lowest BCUT2D eigenvalue weighted by Gasteiger charge is -2.18. The largest absolute Gasteiger partial charge is 0.322 e. The minimum atomic E-state index is -0.0448. The van der Waals surface area contributed by atoms with Crippen molar-refractivity contribution >= 4 is 23.4 Å². The second-order valence-corrected chi connectivity index (χ2v) is 6.70. The minimum Gasteiger partial charge on any atom is -0.322 e. The number of thioether (sulfide) groups is 1. The van der Waals surface area contributed by atoms with Gasteiger partial charge < -0.3 is 5.32 Å². The maximum Gasteiger partial charge on any atom is 0.248 e. The molecule has 0 saturated heterocycles. The fourth-order valence-corrected chi connectivity index (χ4v) is 3.45. The van der Waals surface area contributed by atoms with Crippen molar-refractivity contribution in [1.82, 2.24) is 0 Å². The molecule has 1 fully saturated rings. The molecule has 1 aromatic carbocycles. The summed E-state index contributed by atoms with van der Waals surface area (Å²) >= 11 is 1.80. The zero-order chi connectivity index (χ0) is 14.4. The first-order valence-electron chi connectivity index (χ1n) is 7.35. The fraction of sp³-hybridized carbons (Fsp3) is 0.471. The van der Waals surface area contributed by atoms with Gasteiger partial charge in [-0.1, -0.05) is 25.3 Å². The number of amides is 1. The first-order valence-corrected chi connectivity index (χ1v) is 8.29. The van der Waals surface area contributed by atoms with Crippen molar-refractivity contribution in [2.45, 2.75) is 51.2 Å². The molecule has 0 spiro atoms. The summed E-state index contributed by atoms with van der Waals surface area (Å²) < 4.78 is 0. The number of carbonyl (C=O) groups excluding carboxylic acids is 1. The number of carbonyl (C=O) groups is 1. The molecule has 1 aromatic rings. The average Bonchev–Trinajstić information content (AvgIpc) is 2.44. The molecule has 20 heavy (non-hydrogen) atoms. The molecule has 0 bridgehead atoms. The van der Waals surface area contributed by atoms with Crippen molar-refractivity contribution in [3.05, 3.63) is 40.8 Å². The topological polar surface area (TPSA) is 29.1 Å². The van der Waals surface area contributed by atoms with Gasteiger partial charge in [-0.2, -0.15) is 0 Å². The standard InChI is InChI=1S/C17H23NOS/c1-13-8-9-15(12-14(13)2)18-17(19)10-11-20-16-6-4-3-5-7-16/h8-12,16H,3-7H2,1-2H3,(H,18,19). The Hall–Kier alpha value is -1.22. The van der Waals surface area contributed by atoms with Crippen LogP contribution < -0.4 is 5.32 Å². The van der Waals surface area contributed by atoms with E-state index in [0.29, 0.717) is 5.25 Å². The van der Waals surface area contributed by atoms with Gasteiger partial charge in [-0.05, 0) is 55.4 Å². The molecule has 108 valence electrons. The summed E-state index contributed by atoms with van der Waals surface area (Å²) in [5.41, 5.74) is 3.31. The van der Waals surface area contributed by atoms with Gasteiger partial charge >= 0.3 is 0 Å². The third-order valence-electron chi connectivity index (χ3n) is 3.82. The molecular formula is C17H23NOS. The highest BCUT2D eigenvalue weighted by atomic mass is 32.2. The van der Waals surface area contributed by atoms with Crippen LogP contribution in [0.2, 0.25) is 0 Å². The van der Waals surface area contributed by atoms with Crippen molar-refractivity contribution in [1.29, 1.82) is 0 Å². The van der Waals surface area contributed by atoms with Crippen LogP contribution >= 0.6 is 11.8 Å². The Morgan fingerprint density at radius 2 is 1.95 bits per heavy atom. The quantitative estimate of drug-likeness (QED) is 0.805. The Kier molecular flexibility index (Phi) is 5.72. The number of nitrogens with one attached hydrogen (secondary N) is 1. The average molecular weight is 289 g/mol. The second kappa shape index (κ2) is 7.53. The second-order valence-electron chi connectivity index (χ2n) is 5.49. The maximum atomic E-state index is 11.8. The number of aryl methyl sites for hydroxylation is 2. The van der Waals surface area contributed by atoms with Crippen LogP contribution in [0.1, 0.15) is 43.2 Å². The molecule has 2 rings (SSSR count). The summed E-state index contributed by atoms with van der Waals surface area (Å²) in [6.07, 6.45) is 8.25. The molecule has 0 unspecified atom stereocenters. The first kappa shape index (κ1) is 15.2. The molecule has 0 heterocycles. The van der Waals surface area contributed by atoms with E-state index >= 15 is 0 Å². The van der Waals surface area contributed by atoms with E-state index in [9.17, 15) is 4.79 Å². The highest BCUT2D eigenvalue weighted by Gasteiger charge is 2.12. The minimum absolute atomic E-state index is 0.0448. The molecule has 2 nitrogen and oxygen atoms in total. The number of hydrogen-bond donors (Lipinski definition) is 1. The van der Waals surface area contributed by atoms with Gasteiger partial charge in [0.05, 0.1) is 0 Å². The summed E-state index contributed by atoms with van der Waals surface area (Å²) in [6.45, 7) is 4.13. The Balaban J connectivity index is 1.80. The lowest BCUT2D eigenvalue weighted by atomic mass is 10.0. The highest BCUT2D eigenvalue weighted by Crippen LogP contribution is 2.28. The Morgan fingerprint density at radius 1 is 1.20 bits per heavy atom. The van der Waals surface area contributed by atoms with Crippen molar-refractivity contribution in [3.63, 3.8) is 0 Å². The van der Waals surface area contributed by atoms with Crippen LogP contribution in [0, 0.1) is 13.8 Å². The zero-order valence-corrected chi connectivity index (χ0v) is 13.1. The van der Waals surface area contributed by atoms with Gasteiger partial charge in [0.1, 0.15) is 0 Å². The Bertz CT molecular complexity index is 490. The molecule has 0 aliphatic heterocycles. The summed E-state index contributed by atoms with van der Waals surface area (Å²) in [4.78, 5) is 11.8. The van der Waals surface area contributed by atoms with E-state index in [-0.39, 0.29) is 5.91 Å². The van der Waals surface area contributed by atoms with Crippen LogP contribution in [-0.2, 0) is 4.79 Å². The monoisotopic (exact) mass is 289 g/mol. The smallest absolute Gasteiger partial charge is 0.248 e. The summed E-state index contributed by atoms with van der Waals surface area (Å²) in [5.74, 6) is -0.0448. The van der Waals surface area contributed by atoms with Crippen LogP contribution in [0.25, 0.3) is 0 Å². The summed E-state index contributed by atoms with van der Waals surface area (Å²) in [7, 11) is 0. The summed E-state index contributed by atoms with van der Waals surface area (Å²) in [5, 5.41) is 5.56. The first-order chi connectivity index (χ1) is 9.65. The van der Waals surface area contributed by atoms with Crippen LogP contribution in [0.3, 0.4) is 0 Å². The Labute approximate surface area is 126 Å². The molecular weight excluding hydrogens is 266 g/mol. The lowest BCUT2D eigenvalue weighted by molar-refractivity contribution is -0.111. The van der Waals surface area contributed by atoms with E-state index in [4.69, 9.17) is 0 Å². The molecule has 1 N–H and O–H groups in total. The zero-order valence-electron chi connectivity index (χ0n) is 12.3. The predicted molar refractivity (Wildman–Crippen MR) is 88.1 cm³/mol. The molecule has 3 heteroatoms. The lowest BCUT2D eigenvalue weighted by Crippen LogP contribution is -2.09.